The molecular formula is C17H25N5O3. The first-order valence-electron chi connectivity index (χ1n) is 8.63. The molecule has 25 heavy (non-hydrogen) atoms. The maximum atomic E-state index is 12.6. The fourth-order valence-corrected chi connectivity index (χ4v) is 3.59. The smallest absolute Gasteiger partial charge is 0.325 e. The maximum Gasteiger partial charge on any atom is 0.325 e. The quantitative estimate of drug-likeness (QED) is 0.826. The Morgan fingerprint density at radius 1 is 1.36 bits per heavy atom. The van der Waals surface area contributed by atoms with Crippen molar-refractivity contribution in [2.24, 2.45) is 0 Å². The van der Waals surface area contributed by atoms with Crippen LogP contribution >= 0.6 is 0 Å². The molecule has 8 heteroatoms. The molecule has 2 aliphatic rings. The Balaban J connectivity index is 1.67. The van der Waals surface area contributed by atoms with Crippen molar-refractivity contribution < 1.29 is 14.4 Å². The number of nitrogens with one attached hydrogen (secondary N) is 1. The highest BCUT2D eigenvalue weighted by Gasteiger charge is 2.45. The first-order valence-corrected chi connectivity index (χ1v) is 8.63. The Morgan fingerprint density at radius 2 is 2.08 bits per heavy atom. The van der Waals surface area contributed by atoms with Gasteiger partial charge in [0.15, 0.2) is 0 Å². The summed E-state index contributed by atoms with van der Waals surface area (Å²) in [4.78, 5) is 39.6. The summed E-state index contributed by atoms with van der Waals surface area (Å²) in [6.45, 7) is 8.22. The van der Waals surface area contributed by atoms with Crippen LogP contribution in [0.25, 0.3) is 0 Å². The van der Waals surface area contributed by atoms with Crippen molar-refractivity contribution in [3.63, 3.8) is 0 Å². The molecule has 2 fully saturated rings. The number of urea groups is 1. The number of carbonyl (C=O) groups is 3. The standard InChI is InChI=1S/C17H25N5O3/c1-11-8-12(2)22(19-11)13-6-5-7-20(9-13)14(23)10-21-15(24)17(3,4)18-16(21)25/h8,13H,5-7,9-10H2,1-4H3,(H,18,25)/t13-/m1/s1. The highest BCUT2D eigenvalue weighted by atomic mass is 16.2. The van der Waals surface area contributed by atoms with Crippen LogP contribution in [-0.2, 0) is 9.59 Å². The van der Waals surface area contributed by atoms with Gasteiger partial charge in [0.05, 0.1) is 11.7 Å². The molecule has 1 aromatic rings. The van der Waals surface area contributed by atoms with Gasteiger partial charge in [-0.05, 0) is 46.6 Å². The average Bonchev–Trinajstić information content (AvgIpc) is 2.98. The molecular weight excluding hydrogens is 322 g/mol. The number of aromatic nitrogens is 2. The van der Waals surface area contributed by atoms with Gasteiger partial charge < -0.3 is 10.2 Å². The summed E-state index contributed by atoms with van der Waals surface area (Å²) in [6, 6.07) is 1.65. The summed E-state index contributed by atoms with van der Waals surface area (Å²) in [5.74, 6) is -0.564. The highest BCUT2D eigenvalue weighted by molar-refractivity contribution is 6.08. The van der Waals surface area contributed by atoms with E-state index in [0.717, 1.165) is 29.1 Å². The van der Waals surface area contributed by atoms with Crippen molar-refractivity contribution in [1.82, 2.24) is 24.9 Å². The van der Waals surface area contributed by atoms with Gasteiger partial charge in [0.1, 0.15) is 12.1 Å². The Morgan fingerprint density at radius 3 is 2.64 bits per heavy atom. The van der Waals surface area contributed by atoms with Gasteiger partial charge in [-0.15, -0.1) is 0 Å². The van der Waals surface area contributed by atoms with Gasteiger partial charge in [-0.2, -0.15) is 5.10 Å². The van der Waals surface area contributed by atoms with E-state index in [0.29, 0.717) is 13.1 Å². The monoisotopic (exact) mass is 347 g/mol. The summed E-state index contributed by atoms with van der Waals surface area (Å²) in [5, 5.41) is 7.12. The molecule has 0 saturated carbocycles. The van der Waals surface area contributed by atoms with Crippen LogP contribution in [0.15, 0.2) is 6.07 Å². The van der Waals surface area contributed by atoms with Gasteiger partial charge in [0.2, 0.25) is 5.91 Å². The second-order valence-corrected chi connectivity index (χ2v) is 7.45. The molecule has 0 radical (unpaired) electrons. The number of hydrogen-bond donors (Lipinski definition) is 1. The number of rotatable bonds is 3. The first-order chi connectivity index (χ1) is 11.7. The van der Waals surface area contributed by atoms with Crippen molar-refractivity contribution >= 4 is 17.8 Å². The highest BCUT2D eigenvalue weighted by Crippen LogP contribution is 2.24. The molecule has 0 spiro atoms. The third kappa shape index (κ3) is 3.25. The largest absolute Gasteiger partial charge is 0.339 e. The fraction of sp³-hybridized carbons (Fsp3) is 0.647. The van der Waals surface area contributed by atoms with E-state index in [1.165, 1.54) is 0 Å². The zero-order chi connectivity index (χ0) is 18.4. The van der Waals surface area contributed by atoms with E-state index in [4.69, 9.17) is 0 Å². The first kappa shape index (κ1) is 17.4. The number of carbonyl (C=O) groups excluding carboxylic acids is 3. The van der Waals surface area contributed by atoms with Gasteiger partial charge in [-0.3, -0.25) is 19.2 Å². The van der Waals surface area contributed by atoms with E-state index in [1.807, 2.05) is 24.6 Å². The van der Waals surface area contributed by atoms with E-state index >= 15 is 0 Å². The number of likely N-dealkylation sites (tertiary alicyclic amines) is 1. The zero-order valence-corrected chi connectivity index (χ0v) is 15.2. The lowest BCUT2D eigenvalue weighted by Crippen LogP contribution is -2.47. The molecule has 1 aromatic heterocycles. The molecule has 3 rings (SSSR count). The number of aryl methyl sites for hydroxylation is 2. The number of amides is 4. The molecule has 2 saturated heterocycles. The summed E-state index contributed by atoms with van der Waals surface area (Å²) in [6.07, 6.45) is 1.84. The van der Waals surface area contributed by atoms with E-state index in [-0.39, 0.29) is 24.4 Å². The Labute approximate surface area is 147 Å². The summed E-state index contributed by atoms with van der Waals surface area (Å²) < 4.78 is 1.98. The maximum absolute atomic E-state index is 12.6. The van der Waals surface area contributed by atoms with E-state index in [1.54, 1.807) is 18.7 Å². The molecule has 1 atom stereocenters. The SMILES string of the molecule is Cc1cc(C)n([C@@H]2CCCN(C(=O)CN3C(=O)NC(C)(C)C3=O)C2)n1. The molecule has 0 aliphatic carbocycles. The molecule has 3 heterocycles. The van der Waals surface area contributed by atoms with Gasteiger partial charge >= 0.3 is 6.03 Å². The van der Waals surface area contributed by atoms with Crippen LogP contribution in [0, 0.1) is 13.8 Å². The van der Waals surface area contributed by atoms with Crippen molar-refractivity contribution in [3.05, 3.63) is 17.5 Å². The van der Waals surface area contributed by atoms with Gasteiger partial charge in [-0.25, -0.2) is 4.79 Å². The van der Waals surface area contributed by atoms with Crippen LogP contribution in [0.4, 0.5) is 4.79 Å². The molecule has 0 bridgehead atoms. The van der Waals surface area contributed by atoms with Gasteiger partial charge in [-0.1, -0.05) is 0 Å². The fourth-order valence-electron chi connectivity index (χ4n) is 3.59. The van der Waals surface area contributed by atoms with Crippen molar-refractivity contribution in [1.29, 1.82) is 0 Å². The number of imide groups is 1. The summed E-state index contributed by atoms with van der Waals surface area (Å²) in [7, 11) is 0. The third-order valence-corrected chi connectivity index (χ3v) is 4.88. The average molecular weight is 347 g/mol. The molecule has 2 aliphatic heterocycles. The minimum Gasteiger partial charge on any atom is -0.339 e. The minimum atomic E-state index is -0.953. The number of piperidine rings is 1. The zero-order valence-electron chi connectivity index (χ0n) is 15.2. The van der Waals surface area contributed by atoms with E-state index in [9.17, 15) is 14.4 Å². The van der Waals surface area contributed by atoms with Crippen LogP contribution in [0.2, 0.25) is 0 Å². The normalized spacial score (nSPS) is 23.1. The van der Waals surface area contributed by atoms with Crippen LogP contribution in [0.5, 0.6) is 0 Å². The second-order valence-electron chi connectivity index (χ2n) is 7.45. The Kier molecular flexibility index (Phi) is 4.30. The van der Waals surface area contributed by atoms with Crippen molar-refractivity contribution in [2.75, 3.05) is 19.6 Å². The molecule has 4 amide bonds. The second kappa shape index (κ2) is 6.16. The lowest BCUT2D eigenvalue weighted by molar-refractivity contribution is -0.139. The Bertz CT molecular complexity index is 724. The van der Waals surface area contributed by atoms with Crippen LogP contribution in [-0.4, -0.2) is 62.6 Å². The van der Waals surface area contributed by atoms with Crippen LogP contribution < -0.4 is 5.32 Å². The third-order valence-electron chi connectivity index (χ3n) is 4.88. The molecule has 0 aromatic carbocycles. The van der Waals surface area contributed by atoms with E-state index in [2.05, 4.69) is 10.4 Å². The van der Waals surface area contributed by atoms with Crippen molar-refractivity contribution in [2.45, 2.75) is 52.1 Å². The van der Waals surface area contributed by atoms with Crippen molar-refractivity contribution in [3.8, 4) is 0 Å². The predicted molar refractivity (Wildman–Crippen MR) is 90.9 cm³/mol. The molecule has 0 unspecified atom stereocenters. The topological polar surface area (TPSA) is 87.5 Å². The summed E-state index contributed by atoms with van der Waals surface area (Å²) in [5.41, 5.74) is 1.08. The van der Waals surface area contributed by atoms with Crippen LogP contribution in [0.3, 0.4) is 0 Å². The molecule has 8 nitrogen and oxygen atoms in total. The number of hydrogen-bond acceptors (Lipinski definition) is 4. The van der Waals surface area contributed by atoms with E-state index < -0.39 is 11.6 Å². The minimum absolute atomic E-state index is 0.131. The van der Waals surface area contributed by atoms with Crippen LogP contribution in [0.1, 0.15) is 44.1 Å². The lowest BCUT2D eigenvalue weighted by Gasteiger charge is -2.34. The predicted octanol–water partition coefficient (Wildman–Crippen LogP) is 0.994. The number of nitrogens with zero attached hydrogens (tertiary/aromatic N) is 4. The Hall–Kier alpha value is -2.38. The van der Waals surface area contributed by atoms with Gasteiger partial charge in [0, 0.05) is 18.8 Å². The molecule has 1 N–H and O–H groups in total. The van der Waals surface area contributed by atoms with Gasteiger partial charge in [0.25, 0.3) is 5.91 Å². The summed E-state index contributed by atoms with van der Waals surface area (Å²) >= 11 is 0. The molecule has 136 valence electrons. The lowest BCUT2D eigenvalue weighted by atomic mass is 10.1.